The molecule has 56 valence electrons. The minimum Gasteiger partial charge on any atom is -0.231 e. The van der Waals surface area contributed by atoms with E-state index in [2.05, 4.69) is 54.3 Å². The highest BCUT2D eigenvalue weighted by atomic mass is 15.0. The Morgan fingerprint density at radius 1 is 1.00 bits per heavy atom. The minimum absolute atomic E-state index is 0.546. The topological polar surface area (TPSA) is 3.01 Å². The molecule has 1 nitrogen and oxygen atoms in total. The molecule has 0 spiro atoms. The van der Waals surface area contributed by atoms with Crippen LogP contribution < -0.4 is 0 Å². The Morgan fingerprint density at radius 2 is 1.73 bits per heavy atom. The van der Waals surface area contributed by atoms with E-state index in [9.17, 15) is 0 Å². The van der Waals surface area contributed by atoms with Gasteiger partial charge >= 0.3 is 0 Å². The molecule has 0 aromatic carbocycles. The number of allylic oxidation sites excluding steroid dienone is 3. The van der Waals surface area contributed by atoms with Crippen LogP contribution in [0.15, 0.2) is 36.5 Å². The van der Waals surface area contributed by atoms with E-state index in [-0.39, 0.29) is 0 Å². The largest absolute Gasteiger partial charge is 0.231 e. The third-order valence-electron chi connectivity index (χ3n) is 2.27. The van der Waals surface area contributed by atoms with Gasteiger partial charge in [-0.25, -0.2) is 4.58 Å². The van der Waals surface area contributed by atoms with E-state index in [0.717, 1.165) is 0 Å². The van der Waals surface area contributed by atoms with Gasteiger partial charge in [-0.1, -0.05) is 24.3 Å². The molecule has 2 aliphatic rings. The van der Waals surface area contributed by atoms with Crippen molar-refractivity contribution < 1.29 is 4.58 Å². The summed E-state index contributed by atoms with van der Waals surface area (Å²) in [7, 11) is 2.12. The first kappa shape index (κ1) is 6.59. The molecule has 0 aromatic rings. The Bertz CT molecular complexity index is 269. The first-order valence-electron chi connectivity index (χ1n) is 3.96. The summed E-state index contributed by atoms with van der Waals surface area (Å²) in [5, 5.41) is 0. The van der Waals surface area contributed by atoms with Crippen molar-refractivity contribution in [1.29, 1.82) is 0 Å². The molecule has 1 heterocycles. The average Bonchev–Trinajstić information content (AvgIpc) is 2.06. The van der Waals surface area contributed by atoms with E-state index < -0.39 is 0 Å². The van der Waals surface area contributed by atoms with Gasteiger partial charge in [-0.05, 0) is 12.2 Å². The van der Waals surface area contributed by atoms with E-state index in [1.54, 1.807) is 0 Å². The Morgan fingerprint density at radius 3 is 2.55 bits per heavy atom. The molecule has 2 unspecified atom stereocenters. The quantitative estimate of drug-likeness (QED) is 0.454. The van der Waals surface area contributed by atoms with E-state index in [0.29, 0.717) is 12.0 Å². The summed E-state index contributed by atoms with van der Waals surface area (Å²) in [6.07, 6.45) is 15.2. The molecule has 0 fully saturated rings. The Kier molecular flexibility index (Phi) is 1.50. The van der Waals surface area contributed by atoms with Crippen molar-refractivity contribution in [3.05, 3.63) is 36.5 Å². The van der Waals surface area contributed by atoms with Crippen LogP contribution in [0.25, 0.3) is 0 Å². The van der Waals surface area contributed by atoms with Crippen molar-refractivity contribution in [1.82, 2.24) is 0 Å². The lowest BCUT2D eigenvalue weighted by Crippen LogP contribution is -2.31. The Labute approximate surface area is 67.0 Å². The van der Waals surface area contributed by atoms with Crippen LogP contribution in [0, 0.1) is 5.92 Å². The Hall–Kier alpha value is -1.11. The van der Waals surface area contributed by atoms with E-state index in [4.69, 9.17) is 0 Å². The van der Waals surface area contributed by atoms with Gasteiger partial charge < -0.3 is 0 Å². The van der Waals surface area contributed by atoms with Gasteiger partial charge in [-0.3, -0.25) is 0 Å². The van der Waals surface area contributed by atoms with Crippen molar-refractivity contribution in [3.8, 4) is 0 Å². The lowest BCUT2D eigenvalue weighted by atomic mass is 9.93. The zero-order chi connectivity index (χ0) is 7.68. The molecule has 0 saturated carbocycles. The number of hydrogen-bond acceptors (Lipinski definition) is 0. The van der Waals surface area contributed by atoms with Crippen LogP contribution in [-0.2, 0) is 0 Å². The monoisotopic (exact) mass is 146 g/mol. The lowest BCUT2D eigenvalue weighted by Gasteiger charge is -2.19. The molecule has 0 saturated heterocycles. The molecule has 2 atom stereocenters. The van der Waals surface area contributed by atoms with Gasteiger partial charge in [0, 0.05) is 0 Å². The van der Waals surface area contributed by atoms with Crippen LogP contribution >= 0.6 is 0 Å². The van der Waals surface area contributed by atoms with Gasteiger partial charge in [0.1, 0.15) is 7.05 Å². The van der Waals surface area contributed by atoms with Gasteiger partial charge in [0.2, 0.25) is 0 Å². The summed E-state index contributed by atoms with van der Waals surface area (Å²) in [5.41, 5.74) is 0. The van der Waals surface area contributed by atoms with Crippen LogP contribution in [0.1, 0.15) is 0 Å². The summed E-state index contributed by atoms with van der Waals surface area (Å²) >= 11 is 0. The molecular formula is C10H12N+. The predicted molar refractivity (Wildman–Crippen MR) is 46.9 cm³/mol. The fraction of sp³-hybridized carbons (Fsp3) is 0.300. The SMILES string of the molecule is C[N+]1=CC=CC2C=CC=CC21. The first-order chi connectivity index (χ1) is 5.38. The van der Waals surface area contributed by atoms with Gasteiger partial charge in [0.15, 0.2) is 12.3 Å². The molecule has 0 aromatic heterocycles. The Balaban J connectivity index is 2.33. The lowest BCUT2D eigenvalue weighted by molar-refractivity contribution is -0.526. The molecule has 0 radical (unpaired) electrons. The van der Waals surface area contributed by atoms with Crippen LogP contribution in [0.5, 0.6) is 0 Å². The van der Waals surface area contributed by atoms with Gasteiger partial charge in [-0.2, -0.15) is 0 Å². The highest BCUT2D eigenvalue weighted by molar-refractivity contribution is 5.67. The summed E-state index contributed by atoms with van der Waals surface area (Å²) in [6.45, 7) is 0. The first-order valence-corrected chi connectivity index (χ1v) is 3.96. The van der Waals surface area contributed by atoms with Crippen LogP contribution in [0.3, 0.4) is 0 Å². The normalized spacial score (nSPS) is 33.4. The summed E-state index contributed by atoms with van der Waals surface area (Å²) < 4.78 is 2.24. The number of likely N-dealkylation sites (N-methyl/N-ethyl adjacent to an activating group) is 1. The van der Waals surface area contributed by atoms with Crippen molar-refractivity contribution in [2.24, 2.45) is 5.92 Å². The summed E-state index contributed by atoms with van der Waals surface area (Å²) in [4.78, 5) is 0. The van der Waals surface area contributed by atoms with Crippen LogP contribution in [0.4, 0.5) is 0 Å². The predicted octanol–water partition coefficient (Wildman–Crippen LogP) is 1.38. The third-order valence-corrected chi connectivity index (χ3v) is 2.27. The molecule has 11 heavy (non-hydrogen) atoms. The second-order valence-electron chi connectivity index (χ2n) is 3.04. The molecule has 0 amide bonds. The van der Waals surface area contributed by atoms with E-state index >= 15 is 0 Å². The van der Waals surface area contributed by atoms with Crippen molar-refractivity contribution in [2.75, 3.05) is 7.05 Å². The molecule has 1 heteroatoms. The van der Waals surface area contributed by atoms with Gasteiger partial charge in [0.25, 0.3) is 0 Å². The van der Waals surface area contributed by atoms with Crippen LogP contribution in [0.2, 0.25) is 0 Å². The standard InChI is InChI=1S/C10H12N/c1-11-8-4-6-9-5-2-3-7-10(9)11/h2-10H,1H3/q+1. The maximum absolute atomic E-state index is 2.24. The van der Waals surface area contributed by atoms with Crippen molar-refractivity contribution in [2.45, 2.75) is 6.04 Å². The molecule has 2 rings (SSSR count). The second-order valence-corrected chi connectivity index (χ2v) is 3.04. The number of nitrogens with zero attached hydrogens (tertiary/aromatic N) is 1. The number of hydrogen-bond donors (Lipinski definition) is 0. The average molecular weight is 146 g/mol. The van der Waals surface area contributed by atoms with Crippen molar-refractivity contribution in [3.63, 3.8) is 0 Å². The van der Waals surface area contributed by atoms with E-state index in [1.165, 1.54) is 0 Å². The maximum atomic E-state index is 2.24. The third kappa shape index (κ3) is 1.07. The highest BCUT2D eigenvalue weighted by Crippen LogP contribution is 2.18. The molecular weight excluding hydrogens is 134 g/mol. The minimum atomic E-state index is 0.546. The molecule has 1 aliphatic heterocycles. The fourth-order valence-corrected chi connectivity index (χ4v) is 1.61. The zero-order valence-electron chi connectivity index (χ0n) is 6.64. The summed E-state index contributed by atoms with van der Waals surface area (Å²) in [5.74, 6) is 0.579. The number of rotatable bonds is 0. The van der Waals surface area contributed by atoms with Gasteiger partial charge in [-0.15, -0.1) is 0 Å². The molecule has 0 bridgehead atoms. The smallest absolute Gasteiger partial charge is 0.180 e. The molecule has 0 N–H and O–H groups in total. The zero-order valence-corrected chi connectivity index (χ0v) is 6.64. The summed E-state index contributed by atoms with van der Waals surface area (Å²) in [6, 6.07) is 0.546. The second kappa shape index (κ2) is 2.50. The van der Waals surface area contributed by atoms with E-state index in [1.807, 2.05) is 0 Å². The van der Waals surface area contributed by atoms with Crippen LogP contribution in [-0.4, -0.2) is 23.9 Å². The molecule has 1 aliphatic carbocycles. The number of fused-ring (bicyclic) bond motifs is 1. The highest BCUT2D eigenvalue weighted by Gasteiger charge is 2.25. The van der Waals surface area contributed by atoms with Gasteiger partial charge in [0.05, 0.1) is 5.92 Å². The van der Waals surface area contributed by atoms with Crippen molar-refractivity contribution >= 4 is 6.21 Å². The maximum Gasteiger partial charge on any atom is 0.180 e. The fourth-order valence-electron chi connectivity index (χ4n) is 1.61.